The van der Waals surface area contributed by atoms with Gasteiger partial charge < -0.3 is 0 Å². The second-order valence-electron chi connectivity index (χ2n) is 8.39. The third kappa shape index (κ3) is 1.71. The van der Waals surface area contributed by atoms with Gasteiger partial charge in [0.1, 0.15) is 5.78 Å². The second kappa shape index (κ2) is 4.30. The molecule has 0 heterocycles. The lowest BCUT2D eigenvalue weighted by molar-refractivity contribution is -0.132. The van der Waals surface area contributed by atoms with Gasteiger partial charge in [-0.1, -0.05) is 19.4 Å². The molecule has 2 nitrogen and oxygen atoms in total. The predicted molar refractivity (Wildman–Crippen MR) is 81.7 cm³/mol. The van der Waals surface area contributed by atoms with E-state index in [0.29, 0.717) is 29.3 Å². The molecule has 3 saturated carbocycles. The van der Waals surface area contributed by atoms with E-state index in [9.17, 15) is 9.59 Å². The molecule has 21 heavy (non-hydrogen) atoms. The fourth-order valence-electron chi connectivity index (χ4n) is 6.33. The van der Waals surface area contributed by atoms with Crippen molar-refractivity contribution >= 4 is 11.6 Å². The summed E-state index contributed by atoms with van der Waals surface area (Å²) >= 11 is 0. The van der Waals surface area contributed by atoms with Crippen LogP contribution in [-0.4, -0.2) is 11.6 Å². The van der Waals surface area contributed by atoms with Gasteiger partial charge in [-0.25, -0.2) is 0 Å². The molecular weight excluding hydrogens is 260 g/mol. The summed E-state index contributed by atoms with van der Waals surface area (Å²) < 4.78 is 0. The first-order chi connectivity index (χ1) is 9.95. The van der Waals surface area contributed by atoms with Crippen molar-refractivity contribution in [1.29, 1.82) is 0 Å². The standard InChI is InChI=1S/C19H26O2/c1-18-9-7-13(20)11-12(18)3-4-14-15-5-6-17(21)19(15,2)10-8-16(14)18/h11,14-16H,3-10H2,1-2H3/t14-,15+,16-,18+,19+/m1/s1. The lowest BCUT2D eigenvalue weighted by Crippen LogP contribution is -2.50. The van der Waals surface area contributed by atoms with Gasteiger partial charge in [0.05, 0.1) is 0 Å². The van der Waals surface area contributed by atoms with Gasteiger partial charge in [0.15, 0.2) is 5.78 Å². The summed E-state index contributed by atoms with van der Waals surface area (Å²) in [6.07, 6.45) is 10.2. The van der Waals surface area contributed by atoms with Crippen LogP contribution in [-0.2, 0) is 9.59 Å². The highest BCUT2D eigenvalue weighted by Crippen LogP contribution is 2.64. The summed E-state index contributed by atoms with van der Waals surface area (Å²) in [7, 11) is 0. The number of hydrogen-bond donors (Lipinski definition) is 0. The van der Waals surface area contributed by atoms with Gasteiger partial charge in [0.2, 0.25) is 0 Å². The summed E-state index contributed by atoms with van der Waals surface area (Å²) in [4.78, 5) is 24.1. The number of carbonyl (C=O) groups excluding carboxylic acids is 2. The molecule has 0 aromatic carbocycles. The molecule has 0 aromatic heterocycles. The van der Waals surface area contributed by atoms with Crippen molar-refractivity contribution in [3.05, 3.63) is 11.6 Å². The van der Waals surface area contributed by atoms with Crippen LogP contribution in [0.15, 0.2) is 11.6 Å². The molecule has 0 aromatic rings. The van der Waals surface area contributed by atoms with Crippen LogP contribution in [0.5, 0.6) is 0 Å². The Bertz CT molecular complexity index is 546. The van der Waals surface area contributed by atoms with E-state index in [1.165, 1.54) is 18.4 Å². The molecule has 4 rings (SSSR count). The summed E-state index contributed by atoms with van der Waals surface area (Å²) in [5.41, 5.74) is 1.64. The SMILES string of the molecule is C[C@]12CCC(=O)C=C1CC[C@H]1[C@H]2CC[C@]2(C)C(=O)CC[C@@H]12. The molecule has 0 bridgehead atoms. The highest BCUT2D eigenvalue weighted by Gasteiger charge is 2.58. The van der Waals surface area contributed by atoms with E-state index in [2.05, 4.69) is 13.8 Å². The van der Waals surface area contributed by atoms with E-state index in [1.54, 1.807) is 0 Å². The Morgan fingerprint density at radius 3 is 2.48 bits per heavy atom. The number of allylic oxidation sites excluding steroid dienone is 1. The predicted octanol–water partition coefficient (Wildman–Crippen LogP) is 4.09. The minimum Gasteiger partial charge on any atom is -0.299 e. The van der Waals surface area contributed by atoms with Gasteiger partial charge in [-0.15, -0.1) is 0 Å². The Balaban J connectivity index is 1.70. The Morgan fingerprint density at radius 2 is 1.67 bits per heavy atom. The highest BCUT2D eigenvalue weighted by atomic mass is 16.1. The van der Waals surface area contributed by atoms with E-state index in [1.807, 2.05) is 6.08 Å². The topological polar surface area (TPSA) is 34.1 Å². The maximum atomic E-state index is 12.4. The van der Waals surface area contributed by atoms with Gasteiger partial charge in [-0.3, -0.25) is 9.59 Å². The largest absolute Gasteiger partial charge is 0.299 e. The first-order valence-electron chi connectivity index (χ1n) is 8.72. The Kier molecular flexibility index (Phi) is 2.81. The lowest BCUT2D eigenvalue weighted by atomic mass is 9.47. The number of carbonyl (C=O) groups is 2. The van der Waals surface area contributed by atoms with Crippen molar-refractivity contribution < 1.29 is 9.59 Å². The van der Waals surface area contributed by atoms with Crippen molar-refractivity contribution in [1.82, 2.24) is 0 Å². The molecule has 4 aliphatic carbocycles. The smallest absolute Gasteiger partial charge is 0.155 e. The molecule has 0 aliphatic heterocycles. The van der Waals surface area contributed by atoms with E-state index >= 15 is 0 Å². The fraction of sp³-hybridized carbons (Fsp3) is 0.789. The molecule has 0 amide bonds. The molecule has 2 heteroatoms. The van der Waals surface area contributed by atoms with E-state index in [0.717, 1.165) is 38.5 Å². The van der Waals surface area contributed by atoms with Gasteiger partial charge in [0, 0.05) is 18.3 Å². The maximum absolute atomic E-state index is 12.4. The van der Waals surface area contributed by atoms with Crippen LogP contribution in [0.1, 0.15) is 65.2 Å². The van der Waals surface area contributed by atoms with Crippen LogP contribution in [0.3, 0.4) is 0 Å². The first-order valence-corrected chi connectivity index (χ1v) is 8.72. The van der Waals surface area contributed by atoms with E-state index < -0.39 is 0 Å². The monoisotopic (exact) mass is 286 g/mol. The van der Waals surface area contributed by atoms with Gasteiger partial charge in [-0.2, -0.15) is 0 Å². The third-order valence-electron chi connectivity index (χ3n) is 7.67. The first kappa shape index (κ1) is 13.7. The van der Waals surface area contributed by atoms with Crippen LogP contribution in [0, 0.1) is 28.6 Å². The number of Topliss-reactive ketones (excluding diaryl/α,β-unsaturated/α-hetero) is 1. The van der Waals surface area contributed by atoms with Crippen LogP contribution in [0.25, 0.3) is 0 Å². The molecule has 5 atom stereocenters. The zero-order valence-electron chi connectivity index (χ0n) is 13.3. The minimum atomic E-state index is -0.0246. The molecule has 0 saturated heterocycles. The molecule has 3 fully saturated rings. The van der Waals surface area contributed by atoms with Gasteiger partial charge >= 0.3 is 0 Å². The van der Waals surface area contributed by atoms with Crippen LogP contribution in [0.2, 0.25) is 0 Å². The molecule has 4 aliphatic rings. The summed E-state index contributed by atoms with van der Waals surface area (Å²) in [5, 5.41) is 0. The summed E-state index contributed by atoms with van der Waals surface area (Å²) in [6.45, 7) is 4.64. The van der Waals surface area contributed by atoms with Crippen molar-refractivity contribution in [2.45, 2.75) is 65.2 Å². The van der Waals surface area contributed by atoms with Crippen molar-refractivity contribution in [3.8, 4) is 0 Å². The van der Waals surface area contributed by atoms with Crippen molar-refractivity contribution in [3.63, 3.8) is 0 Å². The minimum absolute atomic E-state index is 0.0246. The lowest BCUT2D eigenvalue weighted by Gasteiger charge is -2.56. The van der Waals surface area contributed by atoms with Crippen LogP contribution >= 0.6 is 0 Å². The Labute approximate surface area is 127 Å². The van der Waals surface area contributed by atoms with Gasteiger partial charge in [-0.05, 0) is 67.8 Å². The Morgan fingerprint density at radius 1 is 0.905 bits per heavy atom. The molecule has 0 unspecified atom stereocenters. The third-order valence-corrected chi connectivity index (χ3v) is 7.67. The van der Waals surface area contributed by atoms with E-state index in [4.69, 9.17) is 0 Å². The molecular formula is C19H26O2. The average molecular weight is 286 g/mol. The number of rotatable bonds is 0. The summed E-state index contributed by atoms with van der Waals surface area (Å²) in [6, 6.07) is 0. The highest BCUT2D eigenvalue weighted by molar-refractivity contribution is 5.91. The normalized spacial score (nSPS) is 49.2. The zero-order chi connectivity index (χ0) is 14.8. The van der Waals surface area contributed by atoms with Gasteiger partial charge in [0.25, 0.3) is 0 Å². The van der Waals surface area contributed by atoms with Crippen molar-refractivity contribution in [2.24, 2.45) is 28.6 Å². The van der Waals surface area contributed by atoms with E-state index in [-0.39, 0.29) is 10.8 Å². The maximum Gasteiger partial charge on any atom is 0.155 e. The molecule has 0 spiro atoms. The summed E-state index contributed by atoms with van der Waals surface area (Å²) in [5.74, 6) is 2.88. The zero-order valence-corrected chi connectivity index (χ0v) is 13.3. The molecule has 114 valence electrons. The number of ketones is 2. The molecule has 0 radical (unpaired) electrons. The Hall–Kier alpha value is -0.920. The van der Waals surface area contributed by atoms with Crippen molar-refractivity contribution in [2.75, 3.05) is 0 Å². The number of fused-ring (bicyclic) bond motifs is 5. The average Bonchev–Trinajstić information content (AvgIpc) is 2.76. The quantitative estimate of drug-likeness (QED) is 0.672. The fourth-order valence-corrected chi connectivity index (χ4v) is 6.33. The molecule has 0 N–H and O–H groups in total. The van der Waals surface area contributed by atoms with Crippen LogP contribution < -0.4 is 0 Å². The van der Waals surface area contributed by atoms with Crippen LogP contribution in [0.4, 0.5) is 0 Å². The second-order valence-corrected chi connectivity index (χ2v) is 8.39. The number of hydrogen-bond acceptors (Lipinski definition) is 2.